The Kier molecular flexibility index (Phi) is 7.28. The molecular formula is C20H15FN4O5S2. The van der Waals surface area contributed by atoms with E-state index in [2.05, 4.69) is 10.9 Å². The average Bonchev–Trinajstić information content (AvgIpc) is 3.04. The normalized spacial score (nSPS) is 14.5. The number of thiocarbonyl (C=S) groups is 1. The fourth-order valence-electron chi connectivity index (χ4n) is 2.72. The van der Waals surface area contributed by atoms with Gasteiger partial charge >= 0.3 is 0 Å². The van der Waals surface area contributed by atoms with Crippen LogP contribution in [0.25, 0.3) is 6.08 Å². The van der Waals surface area contributed by atoms with Crippen molar-refractivity contribution >= 4 is 57.8 Å². The summed E-state index contributed by atoms with van der Waals surface area (Å²) in [5.41, 5.74) is 3.87. The Bertz CT molecular complexity index is 1150. The van der Waals surface area contributed by atoms with Crippen LogP contribution in [0.15, 0.2) is 53.4 Å². The molecule has 0 atom stereocenters. The predicted octanol–water partition coefficient (Wildman–Crippen LogP) is 2.79. The Morgan fingerprint density at radius 1 is 1.16 bits per heavy atom. The fraction of sp³-hybridized carbons (Fsp3) is 0.100. The Labute approximate surface area is 190 Å². The van der Waals surface area contributed by atoms with Gasteiger partial charge in [-0.05, 0) is 18.2 Å². The molecule has 0 radical (unpaired) electrons. The van der Waals surface area contributed by atoms with Crippen LogP contribution in [-0.2, 0) is 9.59 Å². The summed E-state index contributed by atoms with van der Waals surface area (Å²) in [6, 6.07) is 11.3. The molecule has 2 N–H and O–H groups in total. The van der Waals surface area contributed by atoms with Gasteiger partial charge in [0.25, 0.3) is 17.5 Å². The summed E-state index contributed by atoms with van der Waals surface area (Å²) in [6.45, 7) is -0.0630. The van der Waals surface area contributed by atoms with Crippen LogP contribution < -0.4 is 10.9 Å². The van der Waals surface area contributed by atoms with Crippen molar-refractivity contribution in [2.24, 2.45) is 0 Å². The first-order valence-electron chi connectivity index (χ1n) is 9.10. The number of para-hydroxylation sites is 1. The second kappa shape index (κ2) is 10.1. The number of rotatable bonds is 6. The van der Waals surface area contributed by atoms with Crippen molar-refractivity contribution in [2.75, 3.05) is 6.54 Å². The minimum atomic E-state index is -0.857. The Morgan fingerprint density at radius 2 is 1.84 bits per heavy atom. The third-order valence-corrected chi connectivity index (χ3v) is 5.67. The molecule has 3 rings (SSSR count). The minimum Gasteiger partial charge on any atom is -0.292 e. The molecule has 9 nitrogen and oxygen atoms in total. The van der Waals surface area contributed by atoms with E-state index in [-0.39, 0.29) is 33.3 Å². The second-order valence-electron chi connectivity index (χ2n) is 6.38. The van der Waals surface area contributed by atoms with Gasteiger partial charge in [0.2, 0.25) is 5.91 Å². The van der Waals surface area contributed by atoms with E-state index in [0.29, 0.717) is 0 Å². The van der Waals surface area contributed by atoms with Crippen molar-refractivity contribution in [1.82, 2.24) is 15.8 Å². The summed E-state index contributed by atoms with van der Waals surface area (Å²) < 4.78 is 14.0. The summed E-state index contributed by atoms with van der Waals surface area (Å²) in [5, 5.41) is 11.0. The van der Waals surface area contributed by atoms with Gasteiger partial charge in [0.15, 0.2) is 0 Å². The largest absolute Gasteiger partial charge is 0.292 e. The molecule has 1 aliphatic heterocycles. The van der Waals surface area contributed by atoms with E-state index in [4.69, 9.17) is 12.2 Å². The number of amides is 3. The number of hydrogen-bond donors (Lipinski definition) is 2. The number of carbonyl (C=O) groups excluding carboxylic acids is 3. The maximum Gasteiger partial charge on any atom is 0.282 e. The highest BCUT2D eigenvalue weighted by Gasteiger charge is 2.32. The summed E-state index contributed by atoms with van der Waals surface area (Å²) in [7, 11) is 0. The maximum absolute atomic E-state index is 13.8. The monoisotopic (exact) mass is 474 g/mol. The molecule has 2 aromatic rings. The molecule has 0 spiro atoms. The first-order chi connectivity index (χ1) is 15.3. The van der Waals surface area contributed by atoms with Gasteiger partial charge < -0.3 is 0 Å². The van der Waals surface area contributed by atoms with Crippen LogP contribution in [-0.4, -0.2) is 38.4 Å². The smallest absolute Gasteiger partial charge is 0.282 e. The zero-order valence-electron chi connectivity index (χ0n) is 16.2. The quantitative estimate of drug-likeness (QED) is 0.286. The van der Waals surface area contributed by atoms with Crippen LogP contribution >= 0.6 is 24.0 Å². The zero-order chi connectivity index (χ0) is 23.3. The van der Waals surface area contributed by atoms with Gasteiger partial charge in [-0.25, -0.2) is 4.39 Å². The number of nitrogens with one attached hydrogen (secondary N) is 2. The Hall–Kier alpha value is -3.64. The lowest BCUT2D eigenvalue weighted by Crippen LogP contribution is -2.43. The number of thioether (sulfide) groups is 1. The number of nitro groups is 1. The second-order valence-corrected chi connectivity index (χ2v) is 8.06. The standard InChI is InChI=1S/C20H15FN4O5S2/c21-14-7-3-1-5-12(14)11-16-19(28)24(20(31)32-16)10-9-17(26)22-23-18(27)13-6-2-4-8-15(13)25(29)30/h1-8,11H,9-10H2,(H,22,26)(H,23,27). The lowest BCUT2D eigenvalue weighted by molar-refractivity contribution is -0.385. The van der Waals surface area contributed by atoms with E-state index >= 15 is 0 Å². The summed E-state index contributed by atoms with van der Waals surface area (Å²) in [4.78, 5) is 48.5. The lowest BCUT2D eigenvalue weighted by Gasteiger charge is -2.14. The third kappa shape index (κ3) is 5.34. The zero-order valence-corrected chi connectivity index (χ0v) is 17.9. The van der Waals surface area contributed by atoms with Gasteiger partial charge in [-0.1, -0.05) is 54.3 Å². The van der Waals surface area contributed by atoms with Gasteiger partial charge in [0, 0.05) is 24.6 Å². The van der Waals surface area contributed by atoms with Gasteiger partial charge in [-0.3, -0.25) is 40.2 Å². The third-order valence-electron chi connectivity index (χ3n) is 4.29. The van der Waals surface area contributed by atoms with Crippen LogP contribution in [0, 0.1) is 15.9 Å². The Balaban J connectivity index is 1.55. The van der Waals surface area contributed by atoms with E-state index in [0.717, 1.165) is 11.8 Å². The van der Waals surface area contributed by atoms with Gasteiger partial charge in [0.1, 0.15) is 15.7 Å². The molecule has 1 aliphatic rings. The molecule has 1 heterocycles. The van der Waals surface area contributed by atoms with E-state index < -0.39 is 34.1 Å². The molecule has 0 aromatic heterocycles. The molecule has 0 bridgehead atoms. The highest BCUT2D eigenvalue weighted by molar-refractivity contribution is 8.26. The number of nitro benzene ring substituents is 1. The van der Waals surface area contributed by atoms with Gasteiger partial charge in [-0.15, -0.1) is 0 Å². The molecule has 2 aromatic carbocycles. The number of benzene rings is 2. The molecule has 1 fully saturated rings. The molecule has 164 valence electrons. The number of nitrogens with zero attached hydrogens (tertiary/aromatic N) is 2. The molecule has 32 heavy (non-hydrogen) atoms. The van der Waals surface area contributed by atoms with Crippen LogP contribution in [0.3, 0.4) is 0 Å². The predicted molar refractivity (Wildman–Crippen MR) is 120 cm³/mol. The molecule has 12 heteroatoms. The minimum absolute atomic E-state index is 0.0630. The first kappa shape index (κ1) is 23.0. The van der Waals surface area contributed by atoms with Crippen LogP contribution in [0.5, 0.6) is 0 Å². The highest BCUT2D eigenvalue weighted by atomic mass is 32.2. The van der Waals surface area contributed by atoms with Gasteiger partial charge in [-0.2, -0.15) is 0 Å². The van der Waals surface area contributed by atoms with Crippen molar-refractivity contribution in [3.05, 3.63) is 80.5 Å². The number of hydrogen-bond acceptors (Lipinski definition) is 7. The maximum atomic E-state index is 13.8. The van der Waals surface area contributed by atoms with E-state index in [1.165, 1.54) is 53.4 Å². The highest BCUT2D eigenvalue weighted by Crippen LogP contribution is 2.32. The van der Waals surface area contributed by atoms with E-state index in [1.54, 1.807) is 6.07 Å². The van der Waals surface area contributed by atoms with Gasteiger partial charge in [0.05, 0.1) is 9.83 Å². The van der Waals surface area contributed by atoms with Crippen molar-refractivity contribution in [1.29, 1.82) is 0 Å². The van der Waals surface area contributed by atoms with E-state index in [9.17, 15) is 28.9 Å². The molecule has 3 amide bonds. The molecule has 1 saturated heterocycles. The Morgan fingerprint density at radius 3 is 2.56 bits per heavy atom. The average molecular weight is 474 g/mol. The number of hydrazine groups is 1. The fourth-order valence-corrected chi connectivity index (χ4v) is 4.02. The van der Waals surface area contributed by atoms with Crippen LogP contribution in [0.2, 0.25) is 0 Å². The number of halogens is 1. The first-order valence-corrected chi connectivity index (χ1v) is 10.3. The van der Waals surface area contributed by atoms with Crippen molar-refractivity contribution < 1.29 is 23.7 Å². The van der Waals surface area contributed by atoms with Crippen LogP contribution in [0.4, 0.5) is 10.1 Å². The molecule has 0 saturated carbocycles. The van der Waals surface area contributed by atoms with Crippen LogP contribution in [0.1, 0.15) is 22.3 Å². The number of carbonyl (C=O) groups is 3. The summed E-state index contributed by atoms with van der Waals surface area (Å²) in [6.07, 6.45) is 1.19. The SMILES string of the molecule is O=C(CCN1C(=O)C(=Cc2ccccc2F)SC1=S)NNC(=O)c1ccccc1[N+](=O)[O-]. The lowest BCUT2D eigenvalue weighted by atomic mass is 10.2. The molecular weight excluding hydrogens is 459 g/mol. The topological polar surface area (TPSA) is 122 Å². The molecule has 0 aliphatic carbocycles. The molecule has 0 unspecified atom stereocenters. The van der Waals surface area contributed by atoms with E-state index in [1.807, 2.05) is 0 Å². The summed E-state index contributed by atoms with van der Waals surface area (Å²) in [5.74, 6) is -2.43. The summed E-state index contributed by atoms with van der Waals surface area (Å²) >= 11 is 6.17. The van der Waals surface area contributed by atoms with Crippen molar-refractivity contribution in [3.63, 3.8) is 0 Å². The van der Waals surface area contributed by atoms with Crippen molar-refractivity contribution in [3.8, 4) is 0 Å². The van der Waals surface area contributed by atoms with Crippen molar-refractivity contribution in [2.45, 2.75) is 6.42 Å².